The number of hydrogen-bond donors (Lipinski definition) is 1. The molecule has 27 heavy (non-hydrogen) atoms. The Morgan fingerprint density at radius 3 is 2.67 bits per heavy atom. The first-order chi connectivity index (χ1) is 13.2. The number of rotatable bonds is 5. The number of hydrogen-bond acceptors (Lipinski definition) is 5. The van der Waals surface area contributed by atoms with E-state index >= 15 is 0 Å². The van der Waals surface area contributed by atoms with E-state index in [2.05, 4.69) is 25.3 Å². The largest absolute Gasteiger partial charge is 0.347 e. The van der Waals surface area contributed by atoms with Gasteiger partial charge in [0.05, 0.1) is 16.9 Å². The molecule has 1 fully saturated rings. The lowest BCUT2D eigenvalue weighted by Crippen LogP contribution is -2.26. The molecule has 1 aliphatic heterocycles. The zero-order valence-corrected chi connectivity index (χ0v) is 15.4. The van der Waals surface area contributed by atoms with Crippen LogP contribution in [0, 0.1) is 0 Å². The zero-order chi connectivity index (χ0) is 18.6. The Bertz CT molecular complexity index is 920. The fourth-order valence-electron chi connectivity index (χ4n) is 3.04. The number of halogens is 1. The van der Waals surface area contributed by atoms with E-state index in [1.165, 1.54) is 6.20 Å². The Labute approximate surface area is 162 Å². The molecule has 3 heterocycles. The number of amides is 1. The van der Waals surface area contributed by atoms with Gasteiger partial charge in [-0.25, -0.2) is 14.6 Å². The van der Waals surface area contributed by atoms with Crippen molar-refractivity contribution in [2.45, 2.75) is 19.4 Å². The summed E-state index contributed by atoms with van der Waals surface area (Å²) in [5.74, 6) is 0.254. The molecule has 1 aromatic carbocycles. The predicted octanol–water partition coefficient (Wildman–Crippen LogP) is 2.85. The second kappa shape index (κ2) is 7.75. The summed E-state index contributed by atoms with van der Waals surface area (Å²) < 4.78 is 1.78. The Kier molecular flexibility index (Phi) is 5.02. The summed E-state index contributed by atoms with van der Waals surface area (Å²) >= 11 is 6.14. The van der Waals surface area contributed by atoms with Crippen LogP contribution in [0.2, 0.25) is 5.02 Å². The van der Waals surface area contributed by atoms with Gasteiger partial charge in [0, 0.05) is 32.0 Å². The Hall–Kier alpha value is -2.93. The monoisotopic (exact) mass is 382 g/mol. The van der Waals surface area contributed by atoms with E-state index in [0.29, 0.717) is 12.5 Å². The van der Waals surface area contributed by atoms with Gasteiger partial charge in [0.2, 0.25) is 5.95 Å². The van der Waals surface area contributed by atoms with Crippen LogP contribution < -0.4 is 10.2 Å². The van der Waals surface area contributed by atoms with Gasteiger partial charge in [-0.2, -0.15) is 5.10 Å². The molecule has 0 aliphatic carbocycles. The average Bonchev–Trinajstić information content (AvgIpc) is 3.41. The number of aromatic nitrogens is 4. The molecule has 1 saturated heterocycles. The van der Waals surface area contributed by atoms with E-state index in [9.17, 15) is 4.79 Å². The van der Waals surface area contributed by atoms with Crippen LogP contribution in [0.25, 0.3) is 5.69 Å². The standard InChI is InChI=1S/C19H19ClN6O/c20-16-13-22-19(25-9-1-2-10-25)24-17(16)18(27)21-12-14-4-6-15(7-5-14)26-11-3-8-23-26/h3-8,11,13H,1-2,9-10,12H2,(H,21,27). The molecule has 1 N–H and O–H groups in total. The van der Waals surface area contributed by atoms with Gasteiger partial charge in [-0.15, -0.1) is 0 Å². The van der Waals surface area contributed by atoms with Gasteiger partial charge in [0.1, 0.15) is 0 Å². The molecule has 7 nitrogen and oxygen atoms in total. The maximum Gasteiger partial charge on any atom is 0.271 e. The molecule has 1 aliphatic rings. The highest BCUT2D eigenvalue weighted by Crippen LogP contribution is 2.20. The number of nitrogens with one attached hydrogen (secondary N) is 1. The summed E-state index contributed by atoms with van der Waals surface area (Å²) in [4.78, 5) is 23.2. The summed E-state index contributed by atoms with van der Waals surface area (Å²) in [6.07, 6.45) is 7.34. The molecule has 138 valence electrons. The fraction of sp³-hybridized carbons (Fsp3) is 0.263. The van der Waals surface area contributed by atoms with Crippen molar-refractivity contribution in [2.75, 3.05) is 18.0 Å². The van der Waals surface area contributed by atoms with Crippen molar-refractivity contribution in [3.05, 3.63) is 65.2 Å². The number of carbonyl (C=O) groups excluding carboxylic acids is 1. The topological polar surface area (TPSA) is 75.9 Å². The summed E-state index contributed by atoms with van der Waals surface area (Å²) in [6, 6.07) is 9.69. The minimum absolute atomic E-state index is 0.210. The van der Waals surface area contributed by atoms with Crippen molar-refractivity contribution in [1.82, 2.24) is 25.1 Å². The van der Waals surface area contributed by atoms with Crippen molar-refractivity contribution in [2.24, 2.45) is 0 Å². The van der Waals surface area contributed by atoms with E-state index in [1.807, 2.05) is 36.5 Å². The summed E-state index contributed by atoms with van der Waals surface area (Å²) in [5.41, 5.74) is 2.15. The average molecular weight is 383 g/mol. The van der Waals surface area contributed by atoms with Gasteiger partial charge in [0.25, 0.3) is 5.91 Å². The Balaban J connectivity index is 1.42. The number of nitrogens with zero attached hydrogens (tertiary/aromatic N) is 5. The van der Waals surface area contributed by atoms with Crippen LogP contribution in [0.5, 0.6) is 0 Å². The van der Waals surface area contributed by atoms with Gasteiger partial charge in [-0.3, -0.25) is 4.79 Å². The van der Waals surface area contributed by atoms with Gasteiger partial charge in [-0.1, -0.05) is 23.7 Å². The molecule has 0 radical (unpaired) electrons. The molecule has 0 bridgehead atoms. The normalized spacial score (nSPS) is 13.7. The molecular weight excluding hydrogens is 364 g/mol. The molecule has 0 spiro atoms. The summed E-state index contributed by atoms with van der Waals surface area (Å²) in [5, 5.41) is 7.32. The second-order valence-corrected chi connectivity index (χ2v) is 6.77. The highest BCUT2D eigenvalue weighted by molar-refractivity contribution is 6.33. The number of anilines is 1. The predicted molar refractivity (Wildman–Crippen MR) is 103 cm³/mol. The molecule has 3 aromatic rings. The van der Waals surface area contributed by atoms with Crippen LogP contribution in [-0.2, 0) is 6.54 Å². The molecule has 4 rings (SSSR count). The molecule has 2 aromatic heterocycles. The number of benzene rings is 1. The van der Waals surface area contributed by atoms with Crippen LogP contribution in [0.1, 0.15) is 28.9 Å². The summed E-state index contributed by atoms with van der Waals surface area (Å²) in [7, 11) is 0. The SMILES string of the molecule is O=C(NCc1ccc(-n2cccn2)cc1)c1nc(N2CCCC2)ncc1Cl. The van der Waals surface area contributed by atoms with Crippen molar-refractivity contribution in [1.29, 1.82) is 0 Å². The van der Waals surface area contributed by atoms with Crippen molar-refractivity contribution in [3.63, 3.8) is 0 Å². The Morgan fingerprint density at radius 2 is 1.96 bits per heavy atom. The molecule has 0 unspecified atom stereocenters. The lowest BCUT2D eigenvalue weighted by atomic mass is 10.2. The molecular formula is C19H19ClN6O. The van der Waals surface area contributed by atoms with Crippen molar-refractivity contribution in [3.8, 4) is 5.69 Å². The maximum absolute atomic E-state index is 12.5. The van der Waals surface area contributed by atoms with Crippen LogP contribution in [0.3, 0.4) is 0 Å². The van der Waals surface area contributed by atoms with E-state index < -0.39 is 0 Å². The van der Waals surface area contributed by atoms with Crippen molar-refractivity contribution < 1.29 is 4.79 Å². The van der Waals surface area contributed by atoms with Gasteiger partial charge in [0.15, 0.2) is 5.69 Å². The number of carbonyl (C=O) groups is 1. The Morgan fingerprint density at radius 1 is 1.19 bits per heavy atom. The van der Waals surface area contributed by atoms with Gasteiger partial charge < -0.3 is 10.2 Å². The third-order valence-electron chi connectivity index (χ3n) is 4.49. The third-order valence-corrected chi connectivity index (χ3v) is 4.77. The van der Waals surface area contributed by atoms with Crippen LogP contribution >= 0.6 is 11.6 Å². The van der Waals surface area contributed by atoms with E-state index in [-0.39, 0.29) is 16.6 Å². The van der Waals surface area contributed by atoms with E-state index in [0.717, 1.165) is 37.2 Å². The molecule has 8 heteroatoms. The molecule has 0 saturated carbocycles. The van der Waals surface area contributed by atoms with E-state index in [4.69, 9.17) is 11.6 Å². The lowest BCUT2D eigenvalue weighted by molar-refractivity contribution is 0.0946. The molecule has 1 amide bonds. The fourth-order valence-corrected chi connectivity index (χ4v) is 3.22. The lowest BCUT2D eigenvalue weighted by Gasteiger charge is -2.16. The smallest absolute Gasteiger partial charge is 0.271 e. The highest BCUT2D eigenvalue weighted by Gasteiger charge is 2.19. The first-order valence-corrected chi connectivity index (χ1v) is 9.23. The minimum Gasteiger partial charge on any atom is -0.347 e. The van der Waals surface area contributed by atoms with Gasteiger partial charge in [-0.05, 0) is 36.6 Å². The quantitative estimate of drug-likeness (QED) is 0.734. The van der Waals surface area contributed by atoms with Crippen LogP contribution in [0.4, 0.5) is 5.95 Å². The minimum atomic E-state index is -0.306. The first-order valence-electron chi connectivity index (χ1n) is 8.85. The second-order valence-electron chi connectivity index (χ2n) is 6.36. The molecule has 0 atom stereocenters. The zero-order valence-electron chi connectivity index (χ0n) is 14.7. The first kappa shape index (κ1) is 17.5. The van der Waals surface area contributed by atoms with Crippen LogP contribution in [-0.4, -0.2) is 38.7 Å². The van der Waals surface area contributed by atoms with E-state index in [1.54, 1.807) is 10.9 Å². The maximum atomic E-state index is 12.5. The summed E-state index contributed by atoms with van der Waals surface area (Å²) in [6.45, 7) is 2.20. The van der Waals surface area contributed by atoms with Gasteiger partial charge >= 0.3 is 0 Å². The van der Waals surface area contributed by atoms with Crippen molar-refractivity contribution >= 4 is 23.5 Å². The van der Waals surface area contributed by atoms with Crippen LogP contribution in [0.15, 0.2) is 48.9 Å². The highest BCUT2D eigenvalue weighted by atomic mass is 35.5. The third kappa shape index (κ3) is 3.93.